The molecule has 2 N–H and O–H groups in total. The number of aliphatic carboxylic acids is 1. The molecule has 0 bridgehead atoms. The van der Waals surface area contributed by atoms with Crippen LogP contribution in [0.3, 0.4) is 0 Å². The molecule has 0 unspecified atom stereocenters. The monoisotopic (exact) mass is 382 g/mol. The van der Waals surface area contributed by atoms with Crippen molar-refractivity contribution in [3.05, 3.63) is 30.0 Å². The van der Waals surface area contributed by atoms with Crippen LogP contribution in [0.4, 0.5) is 11.8 Å². The Hall–Kier alpha value is -2.94. The summed E-state index contributed by atoms with van der Waals surface area (Å²) < 4.78 is 7.10. The number of hydrogen-bond donors (Lipinski definition) is 2. The first-order valence-corrected chi connectivity index (χ1v) is 9.52. The zero-order chi connectivity index (χ0) is 19.3. The fourth-order valence-electron chi connectivity index (χ4n) is 3.90. The third kappa shape index (κ3) is 3.01. The third-order valence-electron chi connectivity index (χ3n) is 5.62. The normalized spacial score (nSPS) is 24.5. The van der Waals surface area contributed by atoms with Gasteiger partial charge in [0, 0.05) is 26.3 Å². The lowest BCUT2D eigenvalue weighted by Crippen LogP contribution is -2.37. The van der Waals surface area contributed by atoms with Crippen LogP contribution in [0.15, 0.2) is 35.0 Å². The standard InChI is InChI=1S/C19H22N6O3/c1-28-13-8-15(18(26)27)24(10-13)19-22-17(14-3-2-6-25(14)23-19)21-16-7-12(9-20-16)11-4-5-11/h2-3,6-7,11,13,15H,4-5,8-10H2,1H3,(H,26,27)(H,20,21,22,23)/t13-,15+/m1/s1. The minimum Gasteiger partial charge on any atom is -0.480 e. The van der Waals surface area contributed by atoms with E-state index in [4.69, 9.17) is 4.74 Å². The van der Waals surface area contributed by atoms with Gasteiger partial charge in [-0.3, -0.25) is 4.99 Å². The summed E-state index contributed by atoms with van der Waals surface area (Å²) in [6, 6.07) is 3.09. The molecule has 0 amide bonds. The summed E-state index contributed by atoms with van der Waals surface area (Å²) in [6.45, 7) is 1.18. The summed E-state index contributed by atoms with van der Waals surface area (Å²) in [5.74, 6) is 1.56. The van der Waals surface area contributed by atoms with Crippen molar-refractivity contribution >= 4 is 29.1 Å². The molecular formula is C19H22N6O3. The highest BCUT2D eigenvalue weighted by Gasteiger charge is 2.39. The van der Waals surface area contributed by atoms with Crippen molar-refractivity contribution in [1.29, 1.82) is 0 Å². The number of amidine groups is 1. The van der Waals surface area contributed by atoms with E-state index in [1.54, 1.807) is 16.5 Å². The molecule has 0 radical (unpaired) electrons. The lowest BCUT2D eigenvalue weighted by atomic mass is 10.2. The number of methoxy groups -OCH3 is 1. The SMILES string of the molecule is CO[C@@H]1C[C@@H](C(=O)O)N(c2nc(NC3=NCC(C4CC4)=C3)c3cccn3n2)C1. The average Bonchev–Trinajstić information content (AvgIpc) is 3.11. The van der Waals surface area contributed by atoms with Crippen molar-refractivity contribution in [2.75, 3.05) is 30.4 Å². The van der Waals surface area contributed by atoms with Gasteiger partial charge < -0.3 is 20.1 Å². The summed E-state index contributed by atoms with van der Waals surface area (Å²) in [5.41, 5.74) is 2.19. The summed E-state index contributed by atoms with van der Waals surface area (Å²) in [4.78, 5) is 22.7. The lowest BCUT2D eigenvalue weighted by Gasteiger charge is -2.22. The highest BCUT2D eigenvalue weighted by molar-refractivity contribution is 6.07. The lowest BCUT2D eigenvalue weighted by molar-refractivity contribution is -0.138. The molecule has 3 aliphatic rings. The fraction of sp³-hybridized carbons (Fsp3) is 0.474. The number of carboxylic acid groups (broad SMARTS) is 1. The number of aliphatic imine (C=N–C) groups is 1. The first-order valence-electron chi connectivity index (χ1n) is 9.52. The van der Waals surface area contributed by atoms with Crippen molar-refractivity contribution < 1.29 is 14.6 Å². The van der Waals surface area contributed by atoms with Crippen LogP contribution in [-0.4, -0.2) is 63.9 Å². The Morgan fingerprint density at radius 3 is 3.00 bits per heavy atom. The second-order valence-electron chi connectivity index (χ2n) is 7.52. The number of rotatable bonds is 5. The van der Waals surface area contributed by atoms with Crippen LogP contribution in [0.2, 0.25) is 0 Å². The van der Waals surface area contributed by atoms with Gasteiger partial charge in [-0.1, -0.05) is 0 Å². The Morgan fingerprint density at radius 1 is 1.39 bits per heavy atom. The number of nitrogens with one attached hydrogen (secondary N) is 1. The predicted molar refractivity (Wildman–Crippen MR) is 104 cm³/mol. The number of fused-ring (bicyclic) bond motifs is 1. The van der Waals surface area contributed by atoms with Crippen molar-refractivity contribution in [1.82, 2.24) is 14.6 Å². The van der Waals surface area contributed by atoms with Crippen molar-refractivity contribution in [2.24, 2.45) is 10.9 Å². The Kier molecular flexibility index (Phi) is 4.04. The molecule has 2 aliphatic heterocycles. The maximum atomic E-state index is 11.7. The first-order chi connectivity index (χ1) is 13.6. The Morgan fingerprint density at radius 2 is 2.25 bits per heavy atom. The van der Waals surface area contributed by atoms with Gasteiger partial charge in [0.15, 0.2) is 5.82 Å². The summed E-state index contributed by atoms with van der Waals surface area (Å²) >= 11 is 0. The molecule has 0 aromatic carbocycles. The first kappa shape index (κ1) is 17.2. The average molecular weight is 382 g/mol. The van der Waals surface area contributed by atoms with E-state index in [0.29, 0.717) is 30.6 Å². The minimum atomic E-state index is -0.901. The topological polar surface area (TPSA) is 104 Å². The second-order valence-corrected chi connectivity index (χ2v) is 7.52. The van der Waals surface area contributed by atoms with E-state index in [9.17, 15) is 9.90 Å². The largest absolute Gasteiger partial charge is 0.480 e. The molecule has 9 nitrogen and oxygen atoms in total. The van der Waals surface area contributed by atoms with Gasteiger partial charge in [-0.25, -0.2) is 9.31 Å². The van der Waals surface area contributed by atoms with Gasteiger partial charge in [0.2, 0.25) is 5.95 Å². The van der Waals surface area contributed by atoms with Crippen LogP contribution < -0.4 is 10.2 Å². The molecule has 2 atom stereocenters. The fourth-order valence-corrected chi connectivity index (χ4v) is 3.90. The van der Waals surface area contributed by atoms with Crippen molar-refractivity contribution in [2.45, 2.75) is 31.4 Å². The van der Waals surface area contributed by atoms with E-state index < -0.39 is 12.0 Å². The van der Waals surface area contributed by atoms with Crippen molar-refractivity contribution in [3.8, 4) is 0 Å². The van der Waals surface area contributed by atoms with Crippen LogP contribution in [0.25, 0.3) is 5.52 Å². The van der Waals surface area contributed by atoms with E-state index in [1.807, 2.05) is 18.3 Å². The molecule has 1 saturated carbocycles. The molecule has 9 heteroatoms. The number of carbonyl (C=O) groups is 1. The van der Waals surface area contributed by atoms with E-state index >= 15 is 0 Å². The summed E-state index contributed by atoms with van der Waals surface area (Å²) in [5, 5.41) is 17.5. The Labute approximate surface area is 161 Å². The van der Waals surface area contributed by atoms with Gasteiger partial charge in [0.25, 0.3) is 0 Å². The number of carboxylic acids is 1. The zero-order valence-corrected chi connectivity index (χ0v) is 15.6. The zero-order valence-electron chi connectivity index (χ0n) is 15.6. The molecule has 2 aromatic rings. The Bertz CT molecular complexity index is 993. The van der Waals surface area contributed by atoms with E-state index in [0.717, 1.165) is 17.9 Å². The van der Waals surface area contributed by atoms with Gasteiger partial charge in [-0.15, -0.1) is 5.10 Å². The molecule has 2 aromatic heterocycles. The molecule has 5 rings (SSSR count). The van der Waals surface area contributed by atoms with Gasteiger partial charge in [-0.2, -0.15) is 4.98 Å². The minimum absolute atomic E-state index is 0.162. The second kappa shape index (κ2) is 6.59. The molecule has 1 aliphatic carbocycles. The molecule has 28 heavy (non-hydrogen) atoms. The van der Waals surface area contributed by atoms with Gasteiger partial charge in [0.05, 0.1) is 12.6 Å². The van der Waals surface area contributed by atoms with Crippen LogP contribution in [0.5, 0.6) is 0 Å². The van der Waals surface area contributed by atoms with Crippen molar-refractivity contribution in [3.63, 3.8) is 0 Å². The van der Waals surface area contributed by atoms with Gasteiger partial charge in [0.1, 0.15) is 17.4 Å². The molecular weight excluding hydrogens is 360 g/mol. The Balaban J connectivity index is 1.48. The van der Waals surface area contributed by atoms with E-state index in [1.165, 1.54) is 18.4 Å². The number of aromatic nitrogens is 3. The molecule has 146 valence electrons. The van der Waals surface area contributed by atoms with Crippen LogP contribution in [-0.2, 0) is 9.53 Å². The van der Waals surface area contributed by atoms with E-state index in [-0.39, 0.29) is 6.10 Å². The molecule has 1 saturated heterocycles. The quantitative estimate of drug-likeness (QED) is 0.809. The summed E-state index contributed by atoms with van der Waals surface area (Å²) in [6.07, 6.45) is 6.68. The highest BCUT2D eigenvalue weighted by atomic mass is 16.5. The number of nitrogens with zero attached hydrogens (tertiary/aromatic N) is 5. The molecule has 4 heterocycles. The highest BCUT2D eigenvalue weighted by Crippen LogP contribution is 2.38. The van der Waals surface area contributed by atoms with Gasteiger partial charge in [-0.05, 0) is 42.5 Å². The number of hydrogen-bond acceptors (Lipinski definition) is 7. The summed E-state index contributed by atoms with van der Waals surface area (Å²) in [7, 11) is 1.60. The maximum Gasteiger partial charge on any atom is 0.326 e. The third-order valence-corrected chi connectivity index (χ3v) is 5.62. The maximum absolute atomic E-state index is 11.7. The molecule has 2 fully saturated rings. The molecule has 0 spiro atoms. The van der Waals surface area contributed by atoms with Crippen LogP contribution in [0.1, 0.15) is 19.3 Å². The van der Waals surface area contributed by atoms with Crippen LogP contribution in [0, 0.1) is 5.92 Å². The van der Waals surface area contributed by atoms with Gasteiger partial charge >= 0.3 is 5.97 Å². The van der Waals surface area contributed by atoms with Crippen LogP contribution >= 0.6 is 0 Å². The smallest absolute Gasteiger partial charge is 0.326 e. The van der Waals surface area contributed by atoms with E-state index in [2.05, 4.69) is 26.5 Å². The number of ether oxygens (including phenoxy) is 1. The predicted octanol–water partition coefficient (Wildman–Crippen LogP) is 1.57. The number of anilines is 2.